The summed E-state index contributed by atoms with van der Waals surface area (Å²) < 4.78 is 7.02. The van der Waals surface area contributed by atoms with Gasteiger partial charge in [-0.25, -0.2) is 9.50 Å². The van der Waals surface area contributed by atoms with E-state index >= 15 is 0 Å². The van der Waals surface area contributed by atoms with Crippen LogP contribution in [0.4, 0.5) is 0 Å². The van der Waals surface area contributed by atoms with Crippen LogP contribution in [0.2, 0.25) is 0 Å². The van der Waals surface area contributed by atoms with Crippen molar-refractivity contribution in [2.75, 3.05) is 39.9 Å². The maximum absolute atomic E-state index is 13.0. The second kappa shape index (κ2) is 8.13. The third kappa shape index (κ3) is 3.75. The Morgan fingerprint density at radius 3 is 2.93 bits per heavy atom. The van der Waals surface area contributed by atoms with E-state index in [0.29, 0.717) is 30.6 Å². The zero-order chi connectivity index (χ0) is 19.7. The molecule has 28 heavy (non-hydrogen) atoms. The van der Waals surface area contributed by atoms with Crippen LogP contribution in [0, 0.1) is 19.8 Å². The van der Waals surface area contributed by atoms with Crippen molar-refractivity contribution in [2.24, 2.45) is 5.92 Å². The molecule has 3 aliphatic heterocycles. The van der Waals surface area contributed by atoms with Crippen molar-refractivity contribution < 1.29 is 9.53 Å². The molecule has 0 unspecified atom stereocenters. The molecular formula is C20H30N6O2. The summed E-state index contributed by atoms with van der Waals surface area (Å²) in [5.41, 5.74) is 3.06. The number of aryl methyl sites for hydroxylation is 2. The molecule has 0 radical (unpaired) electrons. The van der Waals surface area contributed by atoms with Crippen LogP contribution in [0.5, 0.6) is 0 Å². The first-order valence-corrected chi connectivity index (χ1v) is 10.2. The number of aromatic nitrogens is 4. The van der Waals surface area contributed by atoms with Gasteiger partial charge in [0.2, 0.25) is 5.91 Å². The summed E-state index contributed by atoms with van der Waals surface area (Å²) in [6.45, 7) is 8.55. The molecule has 0 N–H and O–H groups in total. The summed E-state index contributed by atoms with van der Waals surface area (Å²) in [5.74, 6) is 1.45. The highest BCUT2D eigenvalue weighted by atomic mass is 16.5. The fourth-order valence-electron chi connectivity index (χ4n) is 4.77. The van der Waals surface area contributed by atoms with E-state index in [0.717, 1.165) is 49.7 Å². The standard InChI is InChI=1S/C20H30N6O2/c1-14-18(15(2)26-20(23-14)21-13-22-26)6-7-19(27)25-11-16-4-5-17(12-25)24(10-16)8-9-28-3/h13,16-17H,4-12H2,1-3H3/t16-,17-/m0/s1. The number of rotatable bonds is 6. The Hall–Kier alpha value is -2.06. The Balaban J connectivity index is 1.42. The first-order chi connectivity index (χ1) is 13.6. The fraction of sp³-hybridized carbons (Fsp3) is 0.700. The fourth-order valence-corrected chi connectivity index (χ4v) is 4.77. The molecule has 8 nitrogen and oxygen atoms in total. The topological polar surface area (TPSA) is 75.9 Å². The van der Waals surface area contributed by atoms with Gasteiger partial charge in [-0.15, -0.1) is 0 Å². The van der Waals surface area contributed by atoms with Crippen molar-refractivity contribution in [1.29, 1.82) is 0 Å². The number of piperidine rings is 1. The lowest BCUT2D eigenvalue weighted by Gasteiger charge is -2.35. The van der Waals surface area contributed by atoms with Crippen molar-refractivity contribution >= 4 is 11.7 Å². The predicted octanol–water partition coefficient (Wildman–Crippen LogP) is 1.24. The van der Waals surface area contributed by atoms with Gasteiger partial charge in [-0.3, -0.25) is 9.69 Å². The van der Waals surface area contributed by atoms with Gasteiger partial charge in [0, 0.05) is 57.1 Å². The zero-order valence-corrected chi connectivity index (χ0v) is 17.1. The quantitative estimate of drug-likeness (QED) is 0.744. The van der Waals surface area contributed by atoms with Gasteiger partial charge in [0.15, 0.2) is 0 Å². The Labute approximate surface area is 165 Å². The molecule has 0 aliphatic carbocycles. The number of nitrogens with zero attached hydrogens (tertiary/aromatic N) is 6. The molecule has 0 spiro atoms. The van der Waals surface area contributed by atoms with E-state index in [1.54, 1.807) is 11.6 Å². The second-order valence-corrected chi connectivity index (χ2v) is 8.12. The van der Waals surface area contributed by atoms with E-state index < -0.39 is 0 Å². The third-order valence-corrected chi connectivity index (χ3v) is 6.34. The number of amides is 1. The van der Waals surface area contributed by atoms with Crippen LogP contribution < -0.4 is 0 Å². The van der Waals surface area contributed by atoms with Crippen LogP contribution >= 0.6 is 0 Å². The molecule has 5 rings (SSSR count). The van der Waals surface area contributed by atoms with Gasteiger partial charge in [0.05, 0.1) is 6.61 Å². The molecule has 0 saturated carbocycles. The summed E-state index contributed by atoms with van der Waals surface area (Å²) in [6, 6.07) is 0.467. The van der Waals surface area contributed by atoms with Gasteiger partial charge in [0.25, 0.3) is 5.78 Å². The molecule has 0 aromatic carbocycles. The predicted molar refractivity (Wildman–Crippen MR) is 105 cm³/mol. The molecule has 3 saturated heterocycles. The number of hydrogen-bond donors (Lipinski definition) is 0. The van der Waals surface area contributed by atoms with E-state index in [1.165, 1.54) is 19.2 Å². The number of carbonyl (C=O) groups excluding carboxylic acids is 1. The minimum absolute atomic E-state index is 0.253. The zero-order valence-electron chi connectivity index (χ0n) is 17.1. The van der Waals surface area contributed by atoms with Gasteiger partial charge in [-0.2, -0.15) is 10.1 Å². The number of methoxy groups -OCH3 is 1. The lowest BCUT2D eigenvalue weighted by molar-refractivity contribution is -0.131. The normalized spacial score (nSPS) is 22.8. The summed E-state index contributed by atoms with van der Waals surface area (Å²) in [6.07, 6.45) is 5.14. The van der Waals surface area contributed by atoms with Crippen LogP contribution in [0.3, 0.4) is 0 Å². The highest BCUT2D eigenvalue weighted by Crippen LogP contribution is 2.28. The molecule has 2 bridgehead atoms. The lowest BCUT2D eigenvalue weighted by Crippen LogP contribution is -2.45. The van der Waals surface area contributed by atoms with Crippen LogP contribution in [0.15, 0.2) is 6.33 Å². The minimum Gasteiger partial charge on any atom is -0.383 e. The molecule has 5 heterocycles. The molecular weight excluding hydrogens is 356 g/mol. The van der Waals surface area contributed by atoms with Crippen molar-refractivity contribution in [2.45, 2.75) is 45.6 Å². The number of carbonyl (C=O) groups is 1. The smallest absolute Gasteiger partial charge is 0.252 e. The first kappa shape index (κ1) is 19.3. The Kier molecular flexibility index (Phi) is 5.59. The van der Waals surface area contributed by atoms with Crippen LogP contribution in [-0.2, 0) is 16.0 Å². The van der Waals surface area contributed by atoms with E-state index in [4.69, 9.17) is 4.74 Å². The molecule has 2 atom stereocenters. The first-order valence-electron chi connectivity index (χ1n) is 10.2. The molecule has 8 heteroatoms. The lowest BCUT2D eigenvalue weighted by atomic mass is 9.95. The van der Waals surface area contributed by atoms with E-state index in [-0.39, 0.29) is 5.91 Å². The number of hydrogen-bond acceptors (Lipinski definition) is 6. The largest absolute Gasteiger partial charge is 0.383 e. The SMILES string of the molecule is COCCN1C[C@@H]2CC[C@H]1CN(C(=O)CCc1c(C)nc3ncnn3c1C)C2. The maximum atomic E-state index is 13.0. The monoisotopic (exact) mass is 386 g/mol. The third-order valence-electron chi connectivity index (χ3n) is 6.34. The van der Waals surface area contributed by atoms with Gasteiger partial charge in [0.1, 0.15) is 6.33 Å². The number of fused-ring (bicyclic) bond motifs is 5. The van der Waals surface area contributed by atoms with E-state index in [2.05, 4.69) is 24.9 Å². The Morgan fingerprint density at radius 2 is 2.11 bits per heavy atom. The molecule has 152 valence electrons. The summed E-state index contributed by atoms with van der Waals surface area (Å²) in [7, 11) is 1.75. The van der Waals surface area contributed by atoms with Crippen molar-refractivity contribution in [3.63, 3.8) is 0 Å². The van der Waals surface area contributed by atoms with Gasteiger partial charge < -0.3 is 9.64 Å². The molecule has 3 fully saturated rings. The van der Waals surface area contributed by atoms with Crippen LogP contribution in [0.1, 0.15) is 36.2 Å². The van der Waals surface area contributed by atoms with E-state index in [9.17, 15) is 4.79 Å². The van der Waals surface area contributed by atoms with Crippen molar-refractivity contribution in [3.8, 4) is 0 Å². The highest BCUT2D eigenvalue weighted by molar-refractivity contribution is 5.76. The van der Waals surface area contributed by atoms with Crippen LogP contribution in [-0.4, -0.2) is 81.2 Å². The van der Waals surface area contributed by atoms with E-state index in [1.807, 2.05) is 13.8 Å². The van der Waals surface area contributed by atoms with Crippen molar-refractivity contribution in [1.82, 2.24) is 29.4 Å². The van der Waals surface area contributed by atoms with Gasteiger partial charge in [-0.05, 0) is 44.6 Å². The average Bonchev–Trinajstić information content (AvgIpc) is 2.96. The highest BCUT2D eigenvalue weighted by Gasteiger charge is 2.36. The van der Waals surface area contributed by atoms with Crippen LogP contribution in [0.25, 0.3) is 5.78 Å². The Morgan fingerprint density at radius 1 is 1.25 bits per heavy atom. The number of ether oxygens (including phenoxy) is 1. The molecule has 2 aromatic heterocycles. The van der Waals surface area contributed by atoms with Crippen molar-refractivity contribution in [3.05, 3.63) is 23.3 Å². The summed E-state index contributed by atoms with van der Waals surface area (Å²) in [5, 5.41) is 4.24. The average molecular weight is 387 g/mol. The maximum Gasteiger partial charge on any atom is 0.252 e. The summed E-state index contributed by atoms with van der Waals surface area (Å²) in [4.78, 5) is 26.3. The van der Waals surface area contributed by atoms with Gasteiger partial charge in [-0.1, -0.05) is 0 Å². The molecule has 1 amide bonds. The molecule has 3 aliphatic rings. The summed E-state index contributed by atoms with van der Waals surface area (Å²) >= 11 is 0. The minimum atomic E-state index is 0.253. The molecule has 2 aromatic rings. The second-order valence-electron chi connectivity index (χ2n) is 8.12. The Bertz CT molecular complexity index is 851. The van der Waals surface area contributed by atoms with Gasteiger partial charge >= 0.3 is 0 Å².